The van der Waals surface area contributed by atoms with Gasteiger partial charge in [0.2, 0.25) is 5.96 Å². The molecule has 0 atom stereocenters. The molecular formula is C12H20N6O. The number of hydrazine groups is 1. The van der Waals surface area contributed by atoms with E-state index in [2.05, 4.69) is 16.1 Å². The van der Waals surface area contributed by atoms with E-state index in [0.717, 1.165) is 31.7 Å². The molecule has 2 heterocycles. The molecule has 0 aromatic carbocycles. The van der Waals surface area contributed by atoms with Crippen LogP contribution in [0.3, 0.4) is 0 Å². The van der Waals surface area contributed by atoms with Gasteiger partial charge in [0.15, 0.2) is 5.96 Å². The number of piperidine rings is 1. The Labute approximate surface area is 112 Å². The van der Waals surface area contributed by atoms with Crippen LogP contribution in [-0.2, 0) is 6.54 Å². The number of guanidine groups is 2. The van der Waals surface area contributed by atoms with Gasteiger partial charge in [-0.2, -0.15) is 0 Å². The van der Waals surface area contributed by atoms with Gasteiger partial charge in [-0.05, 0) is 25.0 Å². The third-order valence-corrected chi connectivity index (χ3v) is 2.90. The first kappa shape index (κ1) is 13.4. The lowest BCUT2D eigenvalue weighted by Crippen LogP contribution is -2.53. The van der Waals surface area contributed by atoms with Crippen molar-refractivity contribution in [3.8, 4) is 0 Å². The van der Waals surface area contributed by atoms with E-state index in [0.29, 0.717) is 6.54 Å². The van der Waals surface area contributed by atoms with Gasteiger partial charge in [0.1, 0.15) is 5.76 Å². The third kappa shape index (κ3) is 4.63. The maximum Gasteiger partial charge on any atom is 0.210 e. The molecule has 0 radical (unpaired) electrons. The van der Waals surface area contributed by atoms with Gasteiger partial charge in [-0.25, -0.2) is 5.01 Å². The minimum absolute atomic E-state index is 0.0749. The lowest BCUT2D eigenvalue weighted by molar-refractivity contribution is 0.192. The van der Waals surface area contributed by atoms with Crippen molar-refractivity contribution < 1.29 is 4.42 Å². The van der Waals surface area contributed by atoms with Crippen molar-refractivity contribution in [1.29, 1.82) is 10.8 Å². The van der Waals surface area contributed by atoms with Crippen LogP contribution < -0.4 is 16.1 Å². The second kappa shape index (κ2) is 6.79. The van der Waals surface area contributed by atoms with Crippen LogP contribution in [0.1, 0.15) is 25.0 Å². The lowest BCUT2D eigenvalue weighted by atomic mass is 10.2. The summed E-state index contributed by atoms with van der Waals surface area (Å²) >= 11 is 0. The highest BCUT2D eigenvalue weighted by Crippen LogP contribution is 2.05. The Kier molecular flexibility index (Phi) is 4.79. The molecule has 0 spiro atoms. The van der Waals surface area contributed by atoms with Crippen molar-refractivity contribution >= 4 is 11.9 Å². The number of nitrogens with zero attached hydrogens (tertiary/aromatic N) is 1. The highest BCUT2D eigenvalue weighted by Gasteiger charge is 2.11. The molecule has 1 aromatic rings. The number of nitrogens with one attached hydrogen (secondary N) is 5. The Morgan fingerprint density at radius 3 is 2.68 bits per heavy atom. The Bertz CT molecular complexity index is 410. The molecule has 5 N–H and O–H groups in total. The van der Waals surface area contributed by atoms with Gasteiger partial charge in [-0.1, -0.05) is 6.42 Å². The SMILES string of the molecule is N=C(NCc1ccco1)NC(=N)NN1CCCCC1. The fourth-order valence-electron chi connectivity index (χ4n) is 1.95. The zero-order valence-electron chi connectivity index (χ0n) is 10.8. The minimum Gasteiger partial charge on any atom is -0.467 e. The van der Waals surface area contributed by atoms with Crippen molar-refractivity contribution in [3.63, 3.8) is 0 Å². The number of rotatable bonds is 3. The number of hydrogen-bond donors (Lipinski definition) is 5. The molecule has 7 heteroatoms. The van der Waals surface area contributed by atoms with E-state index in [4.69, 9.17) is 15.2 Å². The van der Waals surface area contributed by atoms with Gasteiger partial charge >= 0.3 is 0 Å². The molecule has 19 heavy (non-hydrogen) atoms. The quantitative estimate of drug-likeness (QED) is 0.411. The third-order valence-electron chi connectivity index (χ3n) is 2.90. The molecule has 1 fully saturated rings. The second-order valence-electron chi connectivity index (χ2n) is 4.47. The first-order valence-corrected chi connectivity index (χ1v) is 6.46. The van der Waals surface area contributed by atoms with Crippen LogP contribution in [0.25, 0.3) is 0 Å². The summed E-state index contributed by atoms with van der Waals surface area (Å²) in [6, 6.07) is 3.63. The van der Waals surface area contributed by atoms with E-state index in [1.54, 1.807) is 12.3 Å². The summed E-state index contributed by atoms with van der Waals surface area (Å²) in [5, 5.41) is 22.9. The molecule has 0 unspecified atom stereocenters. The van der Waals surface area contributed by atoms with Gasteiger partial charge < -0.3 is 9.73 Å². The van der Waals surface area contributed by atoms with Crippen molar-refractivity contribution in [2.75, 3.05) is 13.1 Å². The predicted molar refractivity (Wildman–Crippen MR) is 72.7 cm³/mol. The van der Waals surface area contributed by atoms with Crippen LogP contribution in [0, 0.1) is 10.8 Å². The van der Waals surface area contributed by atoms with E-state index >= 15 is 0 Å². The fraction of sp³-hybridized carbons (Fsp3) is 0.500. The maximum absolute atomic E-state index is 7.74. The summed E-state index contributed by atoms with van der Waals surface area (Å²) in [4.78, 5) is 0. The summed E-state index contributed by atoms with van der Waals surface area (Å²) in [7, 11) is 0. The monoisotopic (exact) mass is 264 g/mol. The van der Waals surface area contributed by atoms with Gasteiger partial charge in [0, 0.05) is 13.1 Å². The first-order valence-electron chi connectivity index (χ1n) is 6.46. The largest absolute Gasteiger partial charge is 0.467 e. The van der Waals surface area contributed by atoms with Gasteiger partial charge in [-0.3, -0.25) is 21.6 Å². The van der Waals surface area contributed by atoms with Crippen LogP contribution in [0.4, 0.5) is 0 Å². The van der Waals surface area contributed by atoms with E-state index in [9.17, 15) is 0 Å². The minimum atomic E-state index is 0.0749. The molecule has 7 nitrogen and oxygen atoms in total. The molecule has 1 aliphatic heterocycles. The van der Waals surface area contributed by atoms with Crippen molar-refractivity contribution in [3.05, 3.63) is 24.2 Å². The Morgan fingerprint density at radius 1 is 1.21 bits per heavy atom. The van der Waals surface area contributed by atoms with Gasteiger partial charge in [0.05, 0.1) is 12.8 Å². The van der Waals surface area contributed by atoms with Gasteiger partial charge in [0.25, 0.3) is 0 Å². The highest BCUT2D eigenvalue weighted by molar-refractivity contribution is 5.95. The first-order chi connectivity index (χ1) is 9.24. The molecule has 0 aliphatic carbocycles. The molecule has 2 rings (SSSR count). The second-order valence-corrected chi connectivity index (χ2v) is 4.47. The summed E-state index contributed by atoms with van der Waals surface area (Å²) in [6.45, 7) is 2.31. The average molecular weight is 264 g/mol. The average Bonchev–Trinajstić information content (AvgIpc) is 2.90. The Morgan fingerprint density at radius 2 is 2.00 bits per heavy atom. The number of hydrogen-bond acceptors (Lipinski definition) is 4. The standard InChI is InChI=1S/C12H20N6O/c13-11(15-9-10-5-4-8-19-10)16-12(14)17-18-6-2-1-3-7-18/h4-5,8H,1-3,6-7,9H2,(H5,13,14,15,16,17). The van der Waals surface area contributed by atoms with Crippen molar-refractivity contribution in [2.45, 2.75) is 25.8 Å². The lowest BCUT2D eigenvalue weighted by Gasteiger charge is -2.28. The van der Waals surface area contributed by atoms with Crippen LogP contribution in [-0.4, -0.2) is 30.0 Å². The Hall–Kier alpha value is -2.02. The molecule has 104 valence electrons. The number of furan rings is 1. The maximum atomic E-state index is 7.74. The zero-order valence-corrected chi connectivity index (χ0v) is 10.8. The van der Waals surface area contributed by atoms with Crippen LogP contribution >= 0.6 is 0 Å². The smallest absolute Gasteiger partial charge is 0.210 e. The molecule has 1 saturated heterocycles. The van der Waals surface area contributed by atoms with Crippen LogP contribution in [0.2, 0.25) is 0 Å². The van der Waals surface area contributed by atoms with E-state index in [1.807, 2.05) is 11.1 Å². The summed E-state index contributed by atoms with van der Waals surface area (Å²) in [6.07, 6.45) is 5.14. The summed E-state index contributed by atoms with van der Waals surface area (Å²) in [5.74, 6) is 0.937. The molecule has 0 bridgehead atoms. The highest BCUT2D eigenvalue weighted by atomic mass is 16.3. The normalized spacial score (nSPS) is 15.8. The molecule has 1 aromatic heterocycles. The predicted octanol–water partition coefficient (Wildman–Crippen LogP) is 0.819. The zero-order chi connectivity index (χ0) is 13.5. The molecule has 0 saturated carbocycles. The van der Waals surface area contributed by atoms with E-state index in [1.165, 1.54) is 6.42 Å². The molecule has 0 amide bonds. The summed E-state index contributed by atoms with van der Waals surface area (Å²) in [5.41, 5.74) is 2.94. The van der Waals surface area contributed by atoms with Gasteiger partial charge in [-0.15, -0.1) is 0 Å². The summed E-state index contributed by atoms with van der Waals surface area (Å²) < 4.78 is 5.15. The van der Waals surface area contributed by atoms with E-state index in [-0.39, 0.29) is 11.9 Å². The van der Waals surface area contributed by atoms with Crippen LogP contribution in [0.5, 0.6) is 0 Å². The molecule has 1 aliphatic rings. The Balaban J connectivity index is 1.65. The fourth-order valence-corrected chi connectivity index (χ4v) is 1.95. The van der Waals surface area contributed by atoms with E-state index < -0.39 is 0 Å². The van der Waals surface area contributed by atoms with Crippen LogP contribution in [0.15, 0.2) is 22.8 Å². The van der Waals surface area contributed by atoms with Crippen molar-refractivity contribution in [2.24, 2.45) is 0 Å². The topological polar surface area (TPSA) is 100 Å². The molecular weight excluding hydrogens is 244 g/mol. The van der Waals surface area contributed by atoms with Crippen molar-refractivity contribution in [1.82, 2.24) is 21.1 Å².